The summed E-state index contributed by atoms with van der Waals surface area (Å²) in [7, 11) is 0. The van der Waals surface area contributed by atoms with Gasteiger partial charge in [0.05, 0.1) is 6.42 Å². The molecule has 98 valence electrons. The Hall–Kier alpha value is -2.23. The van der Waals surface area contributed by atoms with Crippen molar-refractivity contribution < 1.29 is 13.6 Å². The molecule has 0 aliphatic carbocycles. The Kier molecular flexibility index (Phi) is 4.23. The molecule has 0 spiro atoms. The lowest BCUT2D eigenvalue weighted by Crippen LogP contribution is -2.25. The second-order valence-corrected chi connectivity index (χ2v) is 4.17. The largest absolute Gasteiger partial charge is 0.352 e. The van der Waals surface area contributed by atoms with E-state index < -0.39 is 0 Å². The highest BCUT2D eigenvalue weighted by Crippen LogP contribution is 2.06. The van der Waals surface area contributed by atoms with E-state index in [0.717, 1.165) is 0 Å². The third-order valence-corrected chi connectivity index (χ3v) is 2.71. The molecule has 4 heteroatoms. The zero-order valence-corrected chi connectivity index (χ0v) is 10.2. The van der Waals surface area contributed by atoms with Gasteiger partial charge in [-0.3, -0.25) is 4.79 Å². The van der Waals surface area contributed by atoms with Gasteiger partial charge in [0.2, 0.25) is 5.91 Å². The lowest BCUT2D eigenvalue weighted by molar-refractivity contribution is -0.120. The van der Waals surface area contributed by atoms with Gasteiger partial charge < -0.3 is 5.32 Å². The third kappa shape index (κ3) is 3.88. The van der Waals surface area contributed by atoms with Gasteiger partial charge in [-0.1, -0.05) is 30.3 Å². The summed E-state index contributed by atoms with van der Waals surface area (Å²) in [5.74, 6) is -0.907. The fraction of sp³-hybridized carbons (Fsp3) is 0.133. The van der Waals surface area contributed by atoms with Crippen LogP contribution in [-0.2, 0) is 17.8 Å². The number of nitrogens with one attached hydrogen (secondary N) is 1. The van der Waals surface area contributed by atoms with Crippen LogP contribution in [0.4, 0.5) is 8.78 Å². The molecule has 0 bridgehead atoms. The van der Waals surface area contributed by atoms with E-state index in [1.54, 1.807) is 30.3 Å². The molecule has 0 fully saturated rings. The molecule has 2 rings (SSSR count). The van der Waals surface area contributed by atoms with E-state index in [1.165, 1.54) is 18.2 Å². The first-order valence-electron chi connectivity index (χ1n) is 5.90. The summed E-state index contributed by atoms with van der Waals surface area (Å²) >= 11 is 0. The van der Waals surface area contributed by atoms with Crippen molar-refractivity contribution in [2.75, 3.05) is 0 Å². The second-order valence-electron chi connectivity index (χ2n) is 4.17. The van der Waals surface area contributed by atoms with Crippen LogP contribution in [0.25, 0.3) is 0 Å². The first-order chi connectivity index (χ1) is 9.15. The van der Waals surface area contributed by atoms with E-state index in [9.17, 15) is 13.6 Å². The fourth-order valence-electron chi connectivity index (χ4n) is 1.69. The van der Waals surface area contributed by atoms with Gasteiger partial charge in [-0.25, -0.2) is 8.78 Å². The highest BCUT2D eigenvalue weighted by Gasteiger charge is 2.05. The molecule has 2 aromatic carbocycles. The molecule has 0 aromatic heterocycles. The van der Waals surface area contributed by atoms with Crippen LogP contribution in [0.15, 0.2) is 48.5 Å². The summed E-state index contributed by atoms with van der Waals surface area (Å²) in [6.07, 6.45) is 0.148. The molecule has 0 aliphatic rings. The van der Waals surface area contributed by atoms with Crippen LogP contribution in [0.5, 0.6) is 0 Å². The van der Waals surface area contributed by atoms with Crippen molar-refractivity contribution in [3.63, 3.8) is 0 Å². The number of halogens is 2. The lowest BCUT2D eigenvalue weighted by Gasteiger charge is -2.06. The minimum absolute atomic E-state index is 0.146. The van der Waals surface area contributed by atoms with Crippen molar-refractivity contribution in [3.8, 4) is 0 Å². The normalized spacial score (nSPS) is 10.2. The van der Waals surface area contributed by atoms with Gasteiger partial charge in [0.1, 0.15) is 11.6 Å². The Labute approximate surface area is 110 Å². The summed E-state index contributed by atoms with van der Waals surface area (Å²) in [6, 6.07) is 12.0. The molecular formula is C15H13F2NO. The molecule has 19 heavy (non-hydrogen) atoms. The Bertz CT molecular complexity index is 567. The quantitative estimate of drug-likeness (QED) is 0.901. The van der Waals surface area contributed by atoms with Gasteiger partial charge in [0, 0.05) is 12.1 Å². The zero-order valence-electron chi connectivity index (χ0n) is 10.2. The summed E-state index contributed by atoms with van der Waals surface area (Å²) in [5, 5.41) is 2.63. The van der Waals surface area contributed by atoms with E-state index in [1.807, 2.05) is 0 Å². The van der Waals surface area contributed by atoms with Gasteiger partial charge in [0.15, 0.2) is 0 Å². The standard InChI is InChI=1S/C15H13F2NO/c16-13-7-5-11(6-8-13)9-15(19)18-10-12-3-1-2-4-14(12)17/h1-8H,9-10H2,(H,18,19). The number of hydrogen-bond donors (Lipinski definition) is 1. The first kappa shape index (κ1) is 13.2. The molecule has 0 saturated heterocycles. The number of benzene rings is 2. The first-order valence-corrected chi connectivity index (χ1v) is 5.90. The number of rotatable bonds is 4. The van der Waals surface area contributed by atoms with E-state index >= 15 is 0 Å². The van der Waals surface area contributed by atoms with Crippen LogP contribution in [0.2, 0.25) is 0 Å². The predicted octanol–water partition coefficient (Wildman–Crippen LogP) is 2.82. The maximum Gasteiger partial charge on any atom is 0.224 e. The van der Waals surface area contributed by atoms with E-state index in [0.29, 0.717) is 11.1 Å². The van der Waals surface area contributed by atoms with Crippen molar-refractivity contribution >= 4 is 5.91 Å². The Balaban J connectivity index is 1.88. The molecule has 1 N–H and O–H groups in total. The zero-order chi connectivity index (χ0) is 13.7. The minimum atomic E-state index is -0.343. The maximum absolute atomic E-state index is 13.3. The van der Waals surface area contributed by atoms with E-state index in [4.69, 9.17) is 0 Å². The molecule has 0 saturated carbocycles. The lowest BCUT2D eigenvalue weighted by atomic mass is 10.1. The van der Waals surface area contributed by atoms with Gasteiger partial charge >= 0.3 is 0 Å². The Morgan fingerprint density at radius 2 is 1.68 bits per heavy atom. The number of carbonyl (C=O) groups is 1. The van der Waals surface area contributed by atoms with Crippen LogP contribution in [0.3, 0.4) is 0 Å². The number of carbonyl (C=O) groups excluding carboxylic acids is 1. The van der Waals surface area contributed by atoms with Gasteiger partial charge in [-0.2, -0.15) is 0 Å². The minimum Gasteiger partial charge on any atom is -0.352 e. The Morgan fingerprint density at radius 3 is 2.37 bits per heavy atom. The highest BCUT2D eigenvalue weighted by atomic mass is 19.1. The topological polar surface area (TPSA) is 29.1 Å². The second kappa shape index (κ2) is 6.09. The molecule has 1 amide bonds. The van der Waals surface area contributed by atoms with Crippen molar-refractivity contribution in [1.29, 1.82) is 0 Å². The molecule has 0 unspecified atom stereocenters. The molecule has 2 aromatic rings. The maximum atomic E-state index is 13.3. The smallest absolute Gasteiger partial charge is 0.224 e. The van der Waals surface area contributed by atoms with Crippen LogP contribution in [0, 0.1) is 11.6 Å². The van der Waals surface area contributed by atoms with Crippen molar-refractivity contribution in [2.45, 2.75) is 13.0 Å². The summed E-state index contributed by atoms with van der Waals surface area (Å²) < 4.78 is 26.0. The fourth-order valence-corrected chi connectivity index (χ4v) is 1.69. The average molecular weight is 261 g/mol. The molecule has 0 heterocycles. The van der Waals surface area contributed by atoms with E-state index in [2.05, 4.69) is 5.32 Å². The molecule has 0 radical (unpaired) electrons. The van der Waals surface area contributed by atoms with Gasteiger partial charge in [-0.15, -0.1) is 0 Å². The molecular weight excluding hydrogens is 248 g/mol. The summed E-state index contributed by atoms with van der Waals surface area (Å²) in [4.78, 5) is 11.7. The summed E-state index contributed by atoms with van der Waals surface area (Å²) in [5.41, 5.74) is 1.15. The SMILES string of the molecule is O=C(Cc1ccc(F)cc1)NCc1ccccc1F. The van der Waals surface area contributed by atoms with Crippen LogP contribution in [-0.4, -0.2) is 5.91 Å². The Morgan fingerprint density at radius 1 is 1.00 bits per heavy atom. The van der Waals surface area contributed by atoms with Crippen LogP contribution >= 0.6 is 0 Å². The molecule has 0 aliphatic heterocycles. The van der Waals surface area contributed by atoms with Crippen LogP contribution < -0.4 is 5.32 Å². The monoisotopic (exact) mass is 261 g/mol. The summed E-state index contributed by atoms with van der Waals surface area (Å²) in [6.45, 7) is 0.146. The molecule has 0 atom stereocenters. The number of hydrogen-bond acceptors (Lipinski definition) is 1. The van der Waals surface area contributed by atoms with E-state index in [-0.39, 0.29) is 30.5 Å². The van der Waals surface area contributed by atoms with Crippen molar-refractivity contribution in [1.82, 2.24) is 5.32 Å². The highest BCUT2D eigenvalue weighted by molar-refractivity contribution is 5.78. The van der Waals surface area contributed by atoms with Gasteiger partial charge in [-0.05, 0) is 23.8 Å². The van der Waals surface area contributed by atoms with Crippen LogP contribution in [0.1, 0.15) is 11.1 Å². The van der Waals surface area contributed by atoms with Gasteiger partial charge in [0.25, 0.3) is 0 Å². The van der Waals surface area contributed by atoms with Crippen molar-refractivity contribution in [2.24, 2.45) is 0 Å². The third-order valence-electron chi connectivity index (χ3n) is 2.71. The number of amides is 1. The average Bonchev–Trinajstić information content (AvgIpc) is 2.40. The molecule has 2 nitrogen and oxygen atoms in total. The van der Waals surface area contributed by atoms with Crippen molar-refractivity contribution in [3.05, 3.63) is 71.3 Å². The predicted molar refractivity (Wildman–Crippen MR) is 68.4 cm³/mol.